The van der Waals surface area contributed by atoms with Gasteiger partial charge in [0.25, 0.3) is 10.0 Å². The summed E-state index contributed by atoms with van der Waals surface area (Å²) in [4.78, 5) is 4.33. The van der Waals surface area contributed by atoms with Gasteiger partial charge in [-0.05, 0) is 54.4 Å². The highest BCUT2D eigenvalue weighted by Crippen LogP contribution is 2.36. The Kier molecular flexibility index (Phi) is 7.46. The summed E-state index contributed by atoms with van der Waals surface area (Å²) < 4.78 is 41.8. The highest BCUT2D eigenvalue weighted by atomic mass is 32.2. The van der Waals surface area contributed by atoms with E-state index in [4.69, 9.17) is 9.16 Å². The van der Waals surface area contributed by atoms with Crippen molar-refractivity contribution in [3.05, 3.63) is 54.1 Å². The van der Waals surface area contributed by atoms with Crippen LogP contribution in [0.1, 0.15) is 26.3 Å². The molecule has 0 unspecified atom stereocenters. The molecular formula is C23H32N2O4S2Si. The zero-order valence-electron chi connectivity index (χ0n) is 19.5. The molecular weight excluding hydrogens is 460 g/mol. The van der Waals surface area contributed by atoms with Crippen LogP contribution in [0.2, 0.25) is 18.1 Å². The third-order valence-electron chi connectivity index (χ3n) is 5.92. The van der Waals surface area contributed by atoms with Gasteiger partial charge in [-0.3, -0.25) is 0 Å². The highest BCUT2D eigenvalue weighted by molar-refractivity contribution is 7.91. The van der Waals surface area contributed by atoms with Gasteiger partial charge in [0.2, 0.25) is 4.34 Å². The molecule has 3 aromatic rings. The van der Waals surface area contributed by atoms with E-state index in [1.807, 2.05) is 48.5 Å². The van der Waals surface area contributed by atoms with Gasteiger partial charge in [0.1, 0.15) is 5.75 Å². The number of thiazole rings is 1. The van der Waals surface area contributed by atoms with Crippen LogP contribution in [0.3, 0.4) is 0 Å². The number of aromatic nitrogens is 1. The number of fused-ring (bicyclic) bond motifs is 1. The fourth-order valence-electron chi connectivity index (χ4n) is 2.94. The van der Waals surface area contributed by atoms with E-state index in [2.05, 4.69) is 43.6 Å². The molecule has 0 saturated heterocycles. The maximum Gasteiger partial charge on any atom is 0.268 e. The summed E-state index contributed by atoms with van der Waals surface area (Å²) in [6, 6.07) is 14.7. The third-order valence-corrected chi connectivity index (χ3v) is 13.4. The minimum Gasteiger partial charge on any atom is -0.497 e. The highest BCUT2D eigenvalue weighted by Gasteiger charge is 2.38. The summed E-state index contributed by atoms with van der Waals surface area (Å²) in [5.74, 6) is 0.762. The molecule has 0 aliphatic carbocycles. The van der Waals surface area contributed by atoms with E-state index in [-0.39, 0.29) is 9.38 Å². The SMILES string of the molecule is COc1ccc(C[C@@H](CO[Si](C)(C)C(C)(C)C)NS(=O)(=O)c2nc3ccccc3s2)cc1. The number of sulfonamides is 1. The Morgan fingerprint density at radius 1 is 1.09 bits per heavy atom. The molecule has 0 radical (unpaired) electrons. The number of benzene rings is 2. The number of rotatable bonds is 9. The Balaban J connectivity index is 1.84. The normalized spacial score (nSPS) is 13.9. The summed E-state index contributed by atoms with van der Waals surface area (Å²) >= 11 is 1.18. The van der Waals surface area contributed by atoms with Crippen molar-refractivity contribution in [3.63, 3.8) is 0 Å². The minimum atomic E-state index is -3.79. The van der Waals surface area contributed by atoms with E-state index in [1.54, 1.807) is 7.11 Å². The van der Waals surface area contributed by atoms with Gasteiger partial charge in [-0.1, -0.05) is 45.0 Å². The zero-order valence-corrected chi connectivity index (χ0v) is 22.1. The first kappa shape index (κ1) is 24.9. The van der Waals surface area contributed by atoms with Crippen molar-refractivity contribution in [1.29, 1.82) is 0 Å². The molecule has 0 aliphatic rings. The summed E-state index contributed by atoms with van der Waals surface area (Å²) in [5.41, 5.74) is 1.68. The standard InChI is InChI=1S/C23H32N2O4S2Si/c1-23(2,3)32(5,6)29-16-18(15-17-11-13-19(28-4)14-12-17)25-31(26,27)22-24-20-9-7-8-10-21(20)30-22/h7-14,18,25H,15-16H2,1-6H3/t18-/m0/s1. The zero-order chi connectivity index (χ0) is 23.6. The maximum atomic E-state index is 13.2. The first-order chi connectivity index (χ1) is 14.9. The Hall–Kier alpha value is -1.78. The minimum absolute atomic E-state index is 0.0313. The van der Waals surface area contributed by atoms with Crippen LogP contribution in [0.5, 0.6) is 5.75 Å². The number of hydrogen-bond donors (Lipinski definition) is 1. The Bertz CT molecular complexity index is 1120. The van der Waals surface area contributed by atoms with Crippen molar-refractivity contribution in [1.82, 2.24) is 9.71 Å². The molecule has 1 aromatic heterocycles. The lowest BCUT2D eigenvalue weighted by Crippen LogP contribution is -2.47. The molecule has 1 atom stereocenters. The fourth-order valence-corrected chi connectivity index (χ4v) is 6.45. The lowest BCUT2D eigenvalue weighted by Gasteiger charge is -2.37. The van der Waals surface area contributed by atoms with Gasteiger partial charge in [0.05, 0.1) is 23.9 Å². The number of ether oxygens (including phenoxy) is 1. The van der Waals surface area contributed by atoms with E-state index in [1.165, 1.54) is 11.3 Å². The number of hydrogen-bond acceptors (Lipinski definition) is 6. The van der Waals surface area contributed by atoms with Crippen LogP contribution in [-0.4, -0.2) is 41.5 Å². The van der Waals surface area contributed by atoms with E-state index >= 15 is 0 Å². The average molecular weight is 493 g/mol. The molecule has 6 nitrogen and oxygen atoms in total. The van der Waals surface area contributed by atoms with Crippen molar-refractivity contribution in [2.24, 2.45) is 0 Å². The van der Waals surface area contributed by atoms with Gasteiger partial charge in [0, 0.05) is 6.04 Å². The van der Waals surface area contributed by atoms with Gasteiger partial charge in [-0.15, -0.1) is 11.3 Å². The van der Waals surface area contributed by atoms with Crippen LogP contribution < -0.4 is 9.46 Å². The molecule has 174 valence electrons. The average Bonchev–Trinajstić information content (AvgIpc) is 3.17. The Morgan fingerprint density at radius 3 is 2.34 bits per heavy atom. The van der Waals surface area contributed by atoms with Crippen LogP contribution in [-0.2, 0) is 20.9 Å². The number of nitrogens with zero attached hydrogens (tertiary/aromatic N) is 1. The molecule has 1 heterocycles. The lowest BCUT2D eigenvalue weighted by atomic mass is 10.1. The van der Waals surface area contributed by atoms with E-state index in [9.17, 15) is 8.42 Å². The smallest absolute Gasteiger partial charge is 0.268 e. The molecule has 0 saturated carbocycles. The Morgan fingerprint density at radius 2 is 1.75 bits per heavy atom. The summed E-state index contributed by atoms with van der Waals surface area (Å²) in [5, 5.41) is 0.0313. The largest absolute Gasteiger partial charge is 0.497 e. The topological polar surface area (TPSA) is 77.5 Å². The van der Waals surface area contributed by atoms with Crippen molar-refractivity contribution in [3.8, 4) is 5.75 Å². The Labute approximate surface area is 196 Å². The van der Waals surface area contributed by atoms with Crippen LogP contribution in [0.15, 0.2) is 52.9 Å². The molecule has 2 aromatic carbocycles. The molecule has 0 aliphatic heterocycles. The van der Waals surface area contributed by atoms with E-state index < -0.39 is 24.4 Å². The van der Waals surface area contributed by atoms with Gasteiger partial charge < -0.3 is 9.16 Å². The second kappa shape index (κ2) is 9.60. The predicted octanol–water partition coefficient (Wildman–Crippen LogP) is 5.22. The molecule has 32 heavy (non-hydrogen) atoms. The van der Waals surface area contributed by atoms with Gasteiger partial charge in [-0.2, -0.15) is 0 Å². The van der Waals surface area contributed by atoms with Crippen molar-refractivity contribution < 1.29 is 17.6 Å². The third kappa shape index (κ3) is 5.96. The first-order valence-electron chi connectivity index (χ1n) is 10.6. The van der Waals surface area contributed by atoms with Gasteiger partial charge in [0.15, 0.2) is 8.32 Å². The van der Waals surface area contributed by atoms with Crippen molar-refractivity contribution in [2.75, 3.05) is 13.7 Å². The van der Waals surface area contributed by atoms with Gasteiger partial charge in [-0.25, -0.2) is 18.1 Å². The number of para-hydroxylation sites is 1. The number of methoxy groups -OCH3 is 1. The fraction of sp³-hybridized carbons (Fsp3) is 0.435. The van der Waals surface area contributed by atoms with Crippen molar-refractivity contribution >= 4 is 39.9 Å². The monoisotopic (exact) mass is 492 g/mol. The van der Waals surface area contributed by atoms with E-state index in [0.717, 1.165) is 16.0 Å². The summed E-state index contributed by atoms with van der Waals surface area (Å²) in [6.45, 7) is 11.1. The summed E-state index contributed by atoms with van der Waals surface area (Å²) in [6.07, 6.45) is 0.503. The van der Waals surface area contributed by atoms with Crippen LogP contribution in [0.4, 0.5) is 0 Å². The van der Waals surface area contributed by atoms with Gasteiger partial charge >= 0.3 is 0 Å². The second-order valence-electron chi connectivity index (χ2n) is 9.39. The van der Waals surface area contributed by atoms with E-state index in [0.29, 0.717) is 18.5 Å². The second-order valence-corrected chi connectivity index (χ2v) is 17.1. The van der Waals surface area contributed by atoms with Crippen LogP contribution in [0, 0.1) is 0 Å². The van der Waals surface area contributed by atoms with Crippen molar-refractivity contribution in [2.45, 2.75) is 55.7 Å². The maximum absolute atomic E-state index is 13.2. The quantitative estimate of drug-likeness (QED) is 0.415. The molecule has 0 fully saturated rings. The molecule has 3 rings (SSSR count). The van der Waals surface area contributed by atoms with Crippen LogP contribution >= 0.6 is 11.3 Å². The molecule has 1 N–H and O–H groups in total. The molecule has 9 heteroatoms. The molecule has 0 bridgehead atoms. The molecule has 0 spiro atoms. The lowest BCUT2D eigenvalue weighted by molar-refractivity contribution is 0.254. The number of nitrogens with one attached hydrogen (secondary N) is 1. The molecule has 0 amide bonds. The first-order valence-corrected chi connectivity index (χ1v) is 15.8. The summed E-state index contributed by atoms with van der Waals surface area (Å²) in [7, 11) is -4.22. The predicted molar refractivity (Wildman–Crippen MR) is 134 cm³/mol. The van der Waals surface area contributed by atoms with Crippen LogP contribution in [0.25, 0.3) is 10.2 Å².